The number of ether oxygens (including phenoxy) is 1. The maximum Gasteiger partial charge on any atom is 0.310 e. The molecule has 0 amide bonds. The van der Waals surface area contributed by atoms with Crippen LogP contribution in [0.4, 0.5) is 5.69 Å². The second-order valence-corrected chi connectivity index (χ2v) is 4.00. The van der Waals surface area contributed by atoms with E-state index in [0.717, 1.165) is 5.56 Å². The molecule has 2 aromatic rings. The van der Waals surface area contributed by atoms with E-state index in [1.807, 2.05) is 6.92 Å². The Morgan fingerprint density at radius 2 is 2.15 bits per heavy atom. The molecule has 8 nitrogen and oxygen atoms in total. The normalized spacial score (nSPS) is 10.5. The molecule has 1 aromatic carbocycles. The SMILES string of the molecule is CCc1nnc(COc2cc(CN)ccc2[N+](=O)[O-])o1. The van der Waals surface area contributed by atoms with E-state index in [-0.39, 0.29) is 30.5 Å². The minimum atomic E-state index is -0.513. The smallest absolute Gasteiger partial charge is 0.310 e. The van der Waals surface area contributed by atoms with E-state index in [1.54, 1.807) is 6.07 Å². The molecule has 0 saturated heterocycles. The zero-order chi connectivity index (χ0) is 14.5. The third kappa shape index (κ3) is 3.09. The van der Waals surface area contributed by atoms with Crippen LogP contribution in [-0.4, -0.2) is 15.1 Å². The van der Waals surface area contributed by atoms with Gasteiger partial charge >= 0.3 is 5.69 Å². The summed E-state index contributed by atoms with van der Waals surface area (Å²) in [6.07, 6.45) is 0.621. The van der Waals surface area contributed by atoms with Crippen LogP contribution in [0, 0.1) is 10.1 Å². The van der Waals surface area contributed by atoms with Crippen LogP contribution in [0.15, 0.2) is 22.6 Å². The maximum atomic E-state index is 10.9. The molecule has 0 saturated carbocycles. The van der Waals surface area contributed by atoms with Crippen molar-refractivity contribution in [3.63, 3.8) is 0 Å². The number of benzene rings is 1. The van der Waals surface area contributed by atoms with Crippen LogP contribution >= 0.6 is 0 Å². The lowest BCUT2D eigenvalue weighted by atomic mass is 10.2. The van der Waals surface area contributed by atoms with Crippen molar-refractivity contribution in [2.45, 2.75) is 26.5 Å². The van der Waals surface area contributed by atoms with Gasteiger partial charge in [0.05, 0.1) is 4.92 Å². The molecular weight excluding hydrogens is 264 g/mol. The summed E-state index contributed by atoms with van der Waals surface area (Å²) in [5.41, 5.74) is 6.12. The number of hydrogen-bond acceptors (Lipinski definition) is 7. The summed E-state index contributed by atoms with van der Waals surface area (Å²) in [5, 5.41) is 18.5. The van der Waals surface area contributed by atoms with Gasteiger partial charge in [0.2, 0.25) is 5.89 Å². The molecule has 0 aliphatic rings. The minimum Gasteiger partial charge on any atom is -0.477 e. The second kappa shape index (κ2) is 6.11. The van der Waals surface area contributed by atoms with E-state index in [2.05, 4.69) is 10.2 Å². The molecule has 1 aromatic heterocycles. The zero-order valence-electron chi connectivity index (χ0n) is 10.9. The van der Waals surface area contributed by atoms with Crippen LogP contribution in [0.3, 0.4) is 0 Å². The molecule has 20 heavy (non-hydrogen) atoms. The van der Waals surface area contributed by atoms with E-state index in [9.17, 15) is 10.1 Å². The van der Waals surface area contributed by atoms with Gasteiger partial charge < -0.3 is 14.9 Å². The highest BCUT2D eigenvalue weighted by Crippen LogP contribution is 2.28. The Labute approximate surface area is 114 Å². The van der Waals surface area contributed by atoms with Gasteiger partial charge in [-0.3, -0.25) is 10.1 Å². The van der Waals surface area contributed by atoms with Gasteiger partial charge in [-0.25, -0.2) is 0 Å². The summed E-state index contributed by atoms with van der Waals surface area (Å²) in [6.45, 7) is 2.13. The van der Waals surface area contributed by atoms with E-state index in [0.29, 0.717) is 12.3 Å². The molecule has 0 spiro atoms. The average Bonchev–Trinajstić information content (AvgIpc) is 2.92. The Morgan fingerprint density at radius 1 is 1.40 bits per heavy atom. The maximum absolute atomic E-state index is 10.9. The van der Waals surface area contributed by atoms with Crippen LogP contribution in [0.1, 0.15) is 24.3 Å². The summed E-state index contributed by atoms with van der Waals surface area (Å²) in [4.78, 5) is 10.4. The third-order valence-corrected chi connectivity index (χ3v) is 2.62. The minimum absolute atomic E-state index is 0.0259. The summed E-state index contributed by atoms with van der Waals surface area (Å²) in [7, 11) is 0. The van der Waals surface area contributed by atoms with Crippen molar-refractivity contribution >= 4 is 5.69 Å². The monoisotopic (exact) mass is 278 g/mol. The summed E-state index contributed by atoms with van der Waals surface area (Å²) < 4.78 is 10.7. The lowest BCUT2D eigenvalue weighted by Gasteiger charge is -2.06. The molecule has 0 atom stereocenters. The fourth-order valence-electron chi connectivity index (χ4n) is 1.58. The van der Waals surface area contributed by atoms with Crippen molar-refractivity contribution in [1.29, 1.82) is 0 Å². The van der Waals surface area contributed by atoms with Crippen LogP contribution in [0.5, 0.6) is 5.75 Å². The van der Waals surface area contributed by atoms with Crippen molar-refractivity contribution in [2.24, 2.45) is 5.73 Å². The highest BCUT2D eigenvalue weighted by molar-refractivity contribution is 5.48. The molecule has 0 radical (unpaired) electrons. The predicted molar refractivity (Wildman–Crippen MR) is 69.0 cm³/mol. The second-order valence-electron chi connectivity index (χ2n) is 4.00. The van der Waals surface area contributed by atoms with E-state index in [4.69, 9.17) is 14.9 Å². The van der Waals surface area contributed by atoms with E-state index >= 15 is 0 Å². The molecule has 2 rings (SSSR count). The average molecular weight is 278 g/mol. The largest absolute Gasteiger partial charge is 0.477 e. The molecule has 8 heteroatoms. The first-order valence-electron chi connectivity index (χ1n) is 6.05. The van der Waals surface area contributed by atoms with Crippen molar-refractivity contribution in [3.05, 3.63) is 45.7 Å². The number of nitrogens with zero attached hydrogens (tertiary/aromatic N) is 3. The first kappa shape index (κ1) is 13.9. The number of rotatable bonds is 6. The summed E-state index contributed by atoms with van der Waals surface area (Å²) >= 11 is 0. The molecule has 0 unspecified atom stereocenters. The van der Waals surface area contributed by atoms with Crippen LogP contribution in [0.2, 0.25) is 0 Å². The Kier molecular flexibility index (Phi) is 4.26. The van der Waals surface area contributed by atoms with E-state index in [1.165, 1.54) is 12.1 Å². The molecule has 0 aliphatic heterocycles. The van der Waals surface area contributed by atoms with Gasteiger partial charge in [0.15, 0.2) is 12.4 Å². The quantitative estimate of drug-likeness (QED) is 0.629. The number of nitro benzene ring substituents is 1. The highest BCUT2D eigenvalue weighted by atomic mass is 16.6. The summed E-state index contributed by atoms with van der Waals surface area (Å²) in [6, 6.07) is 4.49. The number of nitro groups is 1. The zero-order valence-corrected chi connectivity index (χ0v) is 10.9. The Hall–Kier alpha value is -2.48. The number of nitrogens with two attached hydrogens (primary N) is 1. The van der Waals surface area contributed by atoms with Crippen LogP contribution < -0.4 is 10.5 Å². The van der Waals surface area contributed by atoms with Crippen LogP contribution in [0.25, 0.3) is 0 Å². The van der Waals surface area contributed by atoms with Crippen LogP contribution in [-0.2, 0) is 19.6 Å². The van der Waals surface area contributed by atoms with Gasteiger partial charge in [-0.05, 0) is 11.6 Å². The molecule has 0 aliphatic carbocycles. The molecule has 0 bridgehead atoms. The molecule has 0 fully saturated rings. The molecule has 106 valence electrons. The highest BCUT2D eigenvalue weighted by Gasteiger charge is 2.16. The van der Waals surface area contributed by atoms with Gasteiger partial charge in [0, 0.05) is 19.0 Å². The standard InChI is InChI=1S/C12H14N4O4/c1-2-11-14-15-12(20-11)7-19-10-5-8(6-13)3-4-9(10)16(17)18/h3-5H,2,6-7,13H2,1H3. The molecule has 2 N–H and O–H groups in total. The topological polar surface area (TPSA) is 117 Å². The van der Waals surface area contributed by atoms with Gasteiger partial charge in [0.25, 0.3) is 5.89 Å². The third-order valence-electron chi connectivity index (χ3n) is 2.62. The van der Waals surface area contributed by atoms with Gasteiger partial charge in [0.1, 0.15) is 0 Å². The number of aryl methyl sites for hydroxylation is 1. The molecule has 1 heterocycles. The van der Waals surface area contributed by atoms with Crippen molar-refractivity contribution in [1.82, 2.24) is 10.2 Å². The van der Waals surface area contributed by atoms with Gasteiger partial charge in [-0.2, -0.15) is 0 Å². The van der Waals surface area contributed by atoms with Gasteiger partial charge in [-0.15, -0.1) is 10.2 Å². The van der Waals surface area contributed by atoms with E-state index < -0.39 is 4.92 Å². The molecular formula is C12H14N4O4. The fraction of sp³-hybridized carbons (Fsp3) is 0.333. The lowest BCUT2D eigenvalue weighted by Crippen LogP contribution is -2.02. The van der Waals surface area contributed by atoms with Crippen molar-refractivity contribution < 1.29 is 14.1 Å². The number of hydrogen-bond donors (Lipinski definition) is 1. The van der Waals surface area contributed by atoms with Gasteiger partial charge in [-0.1, -0.05) is 13.0 Å². The van der Waals surface area contributed by atoms with Crippen molar-refractivity contribution in [2.75, 3.05) is 0 Å². The first-order chi connectivity index (χ1) is 9.63. The predicted octanol–water partition coefficient (Wildman–Crippen LogP) is 1.58. The fourth-order valence-corrected chi connectivity index (χ4v) is 1.58. The Bertz CT molecular complexity index is 611. The van der Waals surface area contributed by atoms with Crippen molar-refractivity contribution in [3.8, 4) is 5.75 Å². The Morgan fingerprint density at radius 3 is 2.75 bits per heavy atom. The lowest BCUT2D eigenvalue weighted by molar-refractivity contribution is -0.386. The summed E-state index contributed by atoms with van der Waals surface area (Å²) in [5.74, 6) is 0.900. The number of aromatic nitrogens is 2. The first-order valence-corrected chi connectivity index (χ1v) is 6.05. The Balaban J connectivity index is 2.16.